The van der Waals surface area contributed by atoms with Crippen LogP contribution >= 0.6 is 0 Å². The Balaban J connectivity index is 1.94. The monoisotopic (exact) mass is 304 g/mol. The summed E-state index contributed by atoms with van der Waals surface area (Å²) in [5, 5.41) is 2.69. The third-order valence-electron chi connectivity index (χ3n) is 3.78. The third kappa shape index (κ3) is 3.84. The molecule has 1 fully saturated rings. The van der Waals surface area contributed by atoms with Crippen molar-refractivity contribution in [2.24, 2.45) is 5.73 Å². The van der Waals surface area contributed by atoms with Gasteiger partial charge in [0.25, 0.3) is 5.91 Å². The molecule has 6 heteroatoms. The molecule has 0 radical (unpaired) electrons. The van der Waals surface area contributed by atoms with Gasteiger partial charge >= 0.3 is 6.03 Å². The van der Waals surface area contributed by atoms with Gasteiger partial charge in [0, 0.05) is 32.7 Å². The summed E-state index contributed by atoms with van der Waals surface area (Å²) in [4.78, 5) is 27.5. The van der Waals surface area contributed by atoms with E-state index < -0.39 is 5.54 Å². The first-order valence-corrected chi connectivity index (χ1v) is 7.54. The first-order valence-electron chi connectivity index (χ1n) is 7.54. The smallest absolute Gasteiger partial charge is 0.325 e. The molecule has 0 aliphatic carbocycles. The lowest BCUT2D eigenvalue weighted by molar-refractivity contribution is -0.130. The minimum Gasteiger partial charge on any atom is -0.329 e. The number of benzene rings is 1. The average molecular weight is 304 g/mol. The van der Waals surface area contributed by atoms with Crippen LogP contribution in [0.2, 0.25) is 0 Å². The van der Waals surface area contributed by atoms with Crippen molar-refractivity contribution in [1.29, 1.82) is 0 Å². The highest BCUT2D eigenvalue weighted by atomic mass is 16.2. The quantitative estimate of drug-likeness (QED) is 0.730. The molecule has 1 aromatic rings. The first-order chi connectivity index (χ1) is 10.4. The van der Waals surface area contributed by atoms with Gasteiger partial charge in [-0.05, 0) is 19.4 Å². The fourth-order valence-corrected chi connectivity index (χ4v) is 2.56. The van der Waals surface area contributed by atoms with Crippen molar-refractivity contribution in [2.45, 2.75) is 25.9 Å². The molecule has 3 amide bonds. The van der Waals surface area contributed by atoms with E-state index in [-0.39, 0.29) is 11.9 Å². The fraction of sp³-hybridized carbons (Fsp3) is 0.500. The lowest BCUT2D eigenvalue weighted by atomic mass is 10.1. The molecule has 1 aliphatic rings. The highest BCUT2D eigenvalue weighted by Gasteiger charge is 2.43. The van der Waals surface area contributed by atoms with Crippen LogP contribution in [0, 0.1) is 0 Å². The van der Waals surface area contributed by atoms with E-state index in [9.17, 15) is 9.59 Å². The molecule has 1 aromatic carbocycles. The van der Waals surface area contributed by atoms with Crippen molar-refractivity contribution in [1.82, 2.24) is 15.1 Å². The van der Waals surface area contributed by atoms with Gasteiger partial charge in [-0.3, -0.25) is 14.6 Å². The van der Waals surface area contributed by atoms with Crippen LogP contribution in [0.3, 0.4) is 0 Å². The van der Waals surface area contributed by atoms with E-state index in [0.717, 1.165) is 13.1 Å². The van der Waals surface area contributed by atoms with Crippen LogP contribution in [-0.2, 0) is 11.3 Å². The summed E-state index contributed by atoms with van der Waals surface area (Å²) in [7, 11) is 0. The molecule has 1 aliphatic heterocycles. The van der Waals surface area contributed by atoms with Crippen LogP contribution in [0.5, 0.6) is 0 Å². The minimum atomic E-state index is -0.810. The Kier molecular flexibility index (Phi) is 5.15. The molecule has 6 nitrogen and oxygen atoms in total. The molecule has 0 bridgehead atoms. The number of carbonyl (C=O) groups excluding carboxylic acids is 2. The Hall–Kier alpha value is -1.92. The van der Waals surface area contributed by atoms with Gasteiger partial charge in [0.05, 0.1) is 0 Å². The maximum atomic E-state index is 12.2. The van der Waals surface area contributed by atoms with Crippen LogP contribution in [0.4, 0.5) is 4.79 Å². The Morgan fingerprint density at radius 1 is 1.18 bits per heavy atom. The van der Waals surface area contributed by atoms with Crippen molar-refractivity contribution >= 4 is 11.9 Å². The number of urea groups is 1. The van der Waals surface area contributed by atoms with Crippen molar-refractivity contribution in [2.75, 3.05) is 26.2 Å². The van der Waals surface area contributed by atoms with E-state index in [1.54, 1.807) is 13.8 Å². The molecule has 0 saturated carbocycles. The Morgan fingerprint density at radius 2 is 1.86 bits per heavy atom. The van der Waals surface area contributed by atoms with Crippen LogP contribution in [0.25, 0.3) is 0 Å². The second kappa shape index (κ2) is 6.89. The van der Waals surface area contributed by atoms with E-state index in [1.807, 2.05) is 18.2 Å². The number of carbonyl (C=O) groups is 2. The Morgan fingerprint density at radius 3 is 2.41 bits per heavy atom. The molecule has 0 aromatic heterocycles. The van der Waals surface area contributed by atoms with Crippen LogP contribution in [0.15, 0.2) is 30.3 Å². The minimum absolute atomic E-state index is 0.176. The van der Waals surface area contributed by atoms with Crippen LogP contribution in [-0.4, -0.2) is 53.5 Å². The number of imide groups is 1. The number of amides is 3. The summed E-state index contributed by atoms with van der Waals surface area (Å²) < 4.78 is 0. The molecular formula is C16H24N4O2. The predicted octanol–water partition coefficient (Wildman–Crippen LogP) is 0.778. The standard InChI is InChI=1S/C16H24N4O2/c1-16(2)14(21)20(15(22)18-16)11-10-19(9-8-17)12-13-6-4-3-5-7-13/h3-7H,8-12,17H2,1-2H3,(H,18,22). The van der Waals surface area contributed by atoms with Gasteiger partial charge in [0.1, 0.15) is 5.54 Å². The molecule has 22 heavy (non-hydrogen) atoms. The van der Waals surface area contributed by atoms with Gasteiger partial charge in [-0.25, -0.2) is 4.79 Å². The molecule has 120 valence electrons. The number of rotatable bonds is 7. The highest BCUT2D eigenvalue weighted by Crippen LogP contribution is 2.16. The average Bonchev–Trinajstić information content (AvgIpc) is 2.66. The summed E-state index contributed by atoms with van der Waals surface area (Å²) in [6, 6.07) is 9.76. The van der Waals surface area contributed by atoms with Gasteiger partial charge in [0.2, 0.25) is 0 Å². The van der Waals surface area contributed by atoms with Gasteiger partial charge in [0.15, 0.2) is 0 Å². The van der Waals surface area contributed by atoms with Crippen molar-refractivity contribution in [3.63, 3.8) is 0 Å². The summed E-state index contributed by atoms with van der Waals surface area (Å²) in [5.74, 6) is -0.176. The van der Waals surface area contributed by atoms with E-state index in [0.29, 0.717) is 19.6 Å². The zero-order valence-electron chi connectivity index (χ0n) is 13.2. The normalized spacial score (nSPS) is 17.2. The lowest BCUT2D eigenvalue weighted by Gasteiger charge is -2.24. The van der Waals surface area contributed by atoms with Crippen LogP contribution < -0.4 is 11.1 Å². The molecule has 1 heterocycles. The third-order valence-corrected chi connectivity index (χ3v) is 3.78. The summed E-state index contributed by atoms with van der Waals surface area (Å²) in [5.41, 5.74) is 6.04. The number of hydrogen-bond acceptors (Lipinski definition) is 4. The number of nitrogens with two attached hydrogens (primary N) is 1. The lowest BCUT2D eigenvalue weighted by Crippen LogP contribution is -2.42. The zero-order valence-corrected chi connectivity index (χ0v) is 13.2. The van der Waals surface area contributed by atoms with E-state index in [1.165, 1.54) is 10.5 Å². The van der Waals surface area contributed by atoms with Gasteiger partial charge in [-0.15, -0.1) is 0 Å². The van der Waals surface area contributed by atoms with Gasteiger partial charge in [-0.1, -0.05) is 30.3 Å². The second-order valence-corrected chi connectivity index (χ2v) is 6.06. The fourth-order valence-electron chi connectivity index (χ4n) is 2.56. The summed E-state index contributed by atoms with van der Waals surface area (Å²) in [6.07, 6.45) is 0. The van der Waals surface area contributed by atoms with Crippen molar-refractivity contribution in [3.8, 4) is 0 Å². The molecule has 1 saturated heterocycles. The Bertz CT molecular complexity index is 530. The van der Waals surface area contributed by atoms with Gasteiger partial charge in [-0.2, -0.15) is 0 Å². The number of nitrogens with zero attached hydrogens (tertiary/aromatic N) is 2. The highest BCUT2D eigenvalue weighted by molar-refractivity contribution is 6.06. The number of nitrogens with one attached hydrogen (secondary N) is 1. The molecule has 0 spiro atoms. The predicted molar refractivity (Wildman–Crippen MR) is 85.1 cm³/mol. The molecule has 2 rings (SSSR count). The van der Waals surface area contributed by atoms with E-state index >= 15 is 0 Å². The summed E-state index contributed by atoms with van der Waals surface area (Å²) >= 11 is 0. The van der Waals surface area contributed by atoms with Gasteiger partial charge < -0.3 is 11.1 Å². The van der Waals surface area contributed by atoms with Crippen molar-refractivity contribution < 1.29 is 9.59 Å². The number of hydrogen-bond donors (Lipinski definition) is 2. The molecule has 0 unspecified atom stereocenters. The Labute approximate surface area is 131 Å². The first kappa shape index (κ1) is 16.5. The second-order valence-electron chi connectivity index (χ2n) is 6.06. The van der Waals surface area contributed by atoms with Crippen LogP contribution in [0.1, 0.15) is 19.4 Å². The largest absolute Gasteiger partial charge is 0.329 e. The maximum absolute atomic E-state index is 12.2. The zero-order chi connectivity index (χ0) is 16.2. The van der Waals surface area contributed by atoms with E-state index in [4.69, 9.17) is 5.73 Å². The van der Waals surface area contributed by atoms with E-state index in [2.05, 4.69) is 22.3 Å². The topological polar surface area (TPSA) is 78.7 Å². The SMILES string of the molecule is CC1(C)NC(=O)N(CCN(CCN)Cc2ccccc2)C1=O. The molecule has 0 atom stereocenters. The molecule has 3 N–H and O–H groups in total. The maximum Gasteiger partial charge on any atom is 0.325 e. The van der Waals surface area contributed by atoms with Crippen molar-refractivity contribution in [3.05, 3.63) is 35.9 Å². The molecular weight excluding hydrogens is 280 g/mol. The summed E-state index contributed by atoms with van der Waals surface area (Å²) in [6.45, 7) is 6.44.